The summed E-state index contributed by atoms with van der Waals surface area (Å²) in [5, 5.41) is 10.1. The molecule has 2 aliphatic heterocycles. The fourth-order valence-corrected chi connectivity index (χ4v) is 2.69. The van der Waals surface area contributed by atoms with Crippen molar-refractivity contribution < 1.29 is 5.11 Å². The quantitative estimate of drug-likeness (QED) is 0.695. The lowest BCUT2D eigenvalue weighted by Gasteiger charge is -2.47. The first kappa shape index (κ1) is 10.4. The predicted molar refractivity (Wildman–Crippen MR) is 57.3 cm³/mol. The predicted octanol–water partition coefficient (Wildman–Crippen LogP) is 0.395. The van der Waals surface area contributed by atoms with E-state index in [0.29, 0.717) is 0 Å². The number of likely N-dealkylation sites (N-methyl/N-ethyl adjacent to an activating group) is 1. The summed E-state index contributed by atoms with van der Waals surface area (Å²) in [6.45, 7) is 7.24. The number of aliphatic hydroxyl groups is 1. The molecule has 0 unspecified atom stereocenters. The SMILES string of the molecule is CC1CCN(CC2(O)CN(C)C2)CC1. The molecular weight excluding hydrogens is 176 g/mol. The van der Waals surface area contributed by atoms with Gasteiger partial charge in [0.15, 0.2) is 0 Å². The molecule has 2 heterocycles. The molecule has 2 aliphatic rings. The van der Waals surface area contributed by atoms with Gasteiger partial charge in [-0.1, -0.05) is 6.92 Å². The smallest absolute Gasteiger partial charge is 0.103 e. The van der Waals surface area contributed by atoms with Crippen LogP contribution in [0.25, 0.3) is 0 Å². The van der Waals surface area contributed by atoms with Crippen molar-refractivity contribution in [3.05, 3.63) is 0 Å². The van der Waals surface area contributed by atoms with Gasteiger partial charge >= 0.3 is 0 Å². The van der Waals surface area contributed by atoms with Crippen LogP contribution in [0.4, 0.5) is 0 Å². The maximum atomic E-state index is 10.1. The van der Waals surface area contributed by atoms with E-state index in [1.54, 1.807) is 0 Å². The van der Waals surface area contributed by atoms with Gasteiger partial charge in [-0.3, -0.25) is 0 Å². The highest BCUT2D eigenvalue weighted by molar-refractivity contribution is 4.96. The zero-order chi connectivity index (χ0) is 10.2. The highest BCUT2D eigenvalue weighted by Crippen LogP contribution is 2.23. The molecule has 82 valence electrons. The molecule has 14 heavy (non-hydrogen) atoms. The molecule has 3 nitrogen and oxygen atoms in total. The van der Waals surface area contributed by atoms with Gasteiger partial charge in [0, 0.05) is 19.6 Å². The van der Waals surface area contributed by atoms with Crippen LogP contribution < -0.4 is 0 Å². The largest absolute Gasteiger partial charge is 0.386 e. The second kappa shape index (κ2) is 3.80. The average Bonchev–Trinajstić information content (AvgIpc) is 2.07. The Labute approximate surface area is 86.7 Å². The Bertz CT molecular complexity index is 193. The summed E-state index contributed by atoms with van der Waals surface area (Å²) in [4.78, 5) is 4.60. The van der Waals surface area contributed by atoms with Crippen molar-refractivity contribution in [1.82, 2.24) is 9.80 Å². The second-order valence-electron chi connectivity index (χ2n) is 5.36. The molecule has 3 heteroatoms. The van der Waals surface area contributed by atoms with E-state index in [9.17, 15) is 5.11 Å². The van der Waals surface area contributed by atoms with Gasteiger partial charge in [0.1, 0.15) is 5.60 Å². The maximum Gasteiger partial charge on any atom is 0.103 e. The Morgan fingerprint density at radius 3 is 2.36 bits per heavy atom. The molecule has 2 rings (SSSR count). The summed E-state index contributed by atoms with van der Waals surface area (Å²) in [5.74, 6) is 0.880. The zero-order valence-electron chi connectivity index (χ0n) is 9.37. The van der Waals surface area contributed by atoms with Crippen LogP contribution in [0.3, 0.4) is 0 Å². The first-order valence-electron chi connectivity index (χ1n) is 5.71. The lowest BCUT2D eigenvalue weighted by atomic mass is 9.92. The van der Waals surface area contributed by atoms with Crippen LogP contribution in [0.1, 0.15) is 19.8 Å². The van der Waals surface area contributed by atoms with Crippen LogP contribution in [0, 0.1) is 5.92 Å². The Morgan fingerprint density at radius 1 is 1.29 bits per heavy atom. The standard InChI is InChI=1S/C11H22N2O/c1-10-3-5-13(6-4-10)9-11(14)7-12(2)8-11/h10,14H,3-9H2,1-2H3. The number of nitrogens with zero attached hydrogens (tertiary/aromatic N) is 2. The molecule has 0 bridgehead atoms. The van der Waals surface area contributed by atoms with Gasteiger partial charge in [0.25, 0.3) is 0 Å². The zero-order valence-corrected chi connectivity index (χ0v) is 9.37. The van der Waals surface area contributed by atoms with E-state index >= 15 is 0 Å². The normalized spacial score (nSPS) is 30.2. The summed E-state index contributed by atoms with van der Waals surface area (Å²) < 4.78 is 0. The summed E-state index contributed by atoms with van der Waals surface area (Å²) >= 11 is 0. The third kappa shape index (κ3) is 2.27. The Hall–Kier alpha value is -0.120. The fourth-order valence-electron chi connectivity index (χ4n) is 2.69. The first-order chi connectivity index (χ1) is 6.57. The lowest BCUT2D eigenvalue weighted by molar-refractivity contribution is -0.106. The molecule has 0 aromatic rings. The molecule has 0 aromatic carbocycles. The fraction of sp³-hybridized carbons (Fsp3) is 1.00. The van der Waals surface area contributed by atoms with Crippen molar-refractivity contribution in [1.29, 1.82) is 0 Å². The van der Waals surface area contributed by atoms with Gasteiger partial charge in [-0.05, 0) is 38.9 Å². The molecular formula is C11H22N2O. The van der Waals surface area contributed by atoms with Crippen LogP contribution >= 0.6 is 0 Å². The van der Waals surface area contributed by atoms with Gasteiger partial charge in [-0.2, -0.15) is 0 Å². The summed E-state index contributed by atoms with van der Waals surface area (Å²) in [6.07, 6.45) is 2.60. The van der Waals surface area contributed by atoms with Gasteiger partial charge in [-0.15, -0.1) is 0 Å². The maximum absolute atomic E-state index is 10.1. The third-order valence-corrected chi connectivity index (χ3v) is 3.52. The second-order valence-corrected chi connectivity index (χ2v) is 5.36. The molecule has 0 amide bonds. The molecule has 0 radical (unpaired) electrons. The minimum absolute atomic E-state index is 0.407. The van der Waals surface area contributed by atoms with Crippen molar-refractivity contribution in [2.45, 2.75) is 25.4 Å². The number of hydrogen-bond donors (Lipinski definition) is 1. The Morgan fingerprint density at radius 2 is 1.86 bits per heavy atom. The van der Waals surface area contributed by atoms with Crippen molar-refractivity contribution in [2.75, 3.05) is 39.8 Å². The molecule has 0 saturated carbocycles. The highest BCUT2D eigenvalue weighted by Gasteiger charge is 2.40. The van der Waals surface area contributed by atoms with Crippen molar-refractivity contribution in [2.24, 2.45) is 5.92 Å². The van der Waals surface area contributed by atoms with Crippen LogP contribution in [0.5, 0.6) is 0 Å². The molecule has 0 aromatic heterocycles. The summed E-state index contributed by atoms with van der Waals surface area (Å²) in [7, 11) is 2.06. The highest BCUT2D eigenvalue weighted by atomic mass is 16.3. The minimum atomic E-state index is -0.407. The number of piperidine rings is 1. The number of β-amino-alcohol motifs (C(OH)–C–C–N with tert-alkyl or cyclic N) is 1. The molecule has 0 aliphatic carbocycles. The van der Waals surface area contributed by atoms with Crippen LogP contribution in [0.2, 0.25) is 0 Å². The van der Waals surface area contributed by atoms with E-state index in [-0.39, 0.29) is 0 Å². The van der Waals surface area contributed by atoms with Crippen LogP contribution in [-0.2, 0) is 0 Å². The van der Waals surface area contributed by atoms with E-state index in [1.165, 1.54) is 25.9 Å². The van der Waals surface area contributed by atoms with Gasteiger partial charge in [0.05, 0.1) is 0 Å². The molecule has 0 spiro atoms. The lowest BCUT2D eigenvalue weighted by Crippen LogP contribution is -2.65. The molecule has 2 fully saturated rings. The van der Waals surface area contributed by atoms with E-state index in [4.69, 9.17) is 0 Å². The average molecular weight is 198 g/mol. The number of hydrogen-bond acceptors (Lipinski definition) is 3. The Balaban J connectivity index is 1.75. The van der Waals surface area contributed by atoms with E-state index < -0.39 is 5.60 Å². The Kier molecular flexibility index (Phi) is 2.82. The third-order valence-electron chi connectivity index (χ3n) is 3.52. The summed E-state index contributed by atoms with van der Waals surface area (Å²) in [6, 6.07) is 0. The van der Waals surface area contributed by atoms with Crippen molar-refractivity contribution in [3.8, 4) is 0 Å². The topological polar surface area (TPSA) is 26.7 Å². The molecule has 0 atom stereocenters. The van der Waals surface area contributed by atoms with Crippen LogP contribution in [0.15, 0.2) is 0 Å². The van der Waals surface area contributed by atoms with E-state index in [2.05, 4.69) is 23.8 Å². The number of rotatable bonds is 2. The molecule has 2 saturated heterocycles. The minimum Gasteiger partial charge on any atom is -0.386 e. The van der Waals surface area contributed by atoms with E-state index in [0.717, 1.165) is 25.6 Å². The molecule has 1 N–H and O–H groups in total. The van der Waals surface area contributed by atoms with Gasteiger partial charge in [-0.25, -0.2) is 0 Å². The monoisotopic (exact) mass is 198 g/mol. The van der Waals surface area contributed by atoms with Gasteiger partial charge in [0.2, 0.25) is 0 Å². The van der Waals surface area contributed by atoms with E-state index in [1.807, 2.05) is 0 Å². The first-order valence-corrected chi connectivity index (χ1v) is 5.71. The van der Waals surface area contributed by atoms with Gasteiger partial charge < -0.3 is 14.9 Å². The van der Waals surface area contributed by atoms with Crippen LogP contribution in [-0.4, -0.2) is 60.3 Å². The summed E-state index contributed by atoms with van der Waals surface area (Å²) in [5.41, 5.74) is -0.407. The number of likely N-dealkylation sites (tertiary alicyclic amines) is 2. The van der Waals surface area contributed by atoms with Crippen molar-refractivity contribution >= 4 is 0 Å². The van der Waals surface area contributed by atoms with Crippen molar-refractivity contribution in [3.63, 3.8) is 0 Å².